The van der Waals surface area contributed by atoms with Crippen molar-refractivity contribution in [2.24, 2.45) is 17.1 Å². The third-order valence-corrected chi connectivity index (χ3v) is 8.68. The molecule has 0 spiro atoms. The van der Waals surface area contributed by atoms with Crippen molar-refractivity contribution >= 4 is 28.2 Å². The van der Waals surface area contributed by atoms with Crippen LogP contribution in [0.5, 0.6) is 0 Å². The minimum absolute atomic E-state index is 0.0351. The van der Waals surface area contributed by atoms with Gasteiger partial charge in [-0.2, -0.15) is 43.9 Å². The normalized spacial score (nSPS) is 26.7. The Labute approximate surface area is 206 Å². The molecule has 3 rings (SSSR count). The van der Waals surface area contributed by atoms with E-state index >= 15 is 4.39 Å². The fraction of sp³-hybridized carbons (Fsp3) is 0.714. The highest BCUT2D eigenvalue weighted by atomic mass is 32.1. The predicted octanol–water partition coefficient (Wildman–Crippen LogP) is 6.23. The summed E-state index contributed by atoms with van der Waals surface area (Å²) in [4.78, 5) is 24.7. The quantitative estimate of drug-likeness (QED) is 0.410. The van der Waals surface area contributed by atoms with Crippen molar-refractivity contribution in [3.63, 3.8) is 0 Å². The number of carbonyl (C=O) groups is 2. The molecule has 1 heterocycles. The SMILES string of the molecule is CCC(C)(C)[C@H]1CCc2c(sc(NC(=O)C3(F)C(F)(F)C(F)(F)C(F)(F)C(F)(F)C3(F)F)c2C(N)=O)C1. The lowest BCUT2D eigenvalue weighted by atomic mass is 9.69. The Bertz CT molecular complexity index is 1100. The van der Waals surface area contributed by atoms with E-state index in [1.807, 2.05) is 20.8 Å². The summed E-state index contributed by atoms with van der Waals surface area (Å²) in [5, 5.41) is 0.133. The van der Waals surface area contributed by atoms with Crippen LogP contribution in [0.1, 0.15) is 54.4 Å². The summed E-state index contributed by atoms with van der Waals surface area (Å²) in [5.74, 6) is -41.8. The summed E-state index contributed by atoms with van der Waals surface area (Å²) in [6, 6.07) is 0. The molecule has 2 aliphatic rings. The van der Waals surface area contributed by atoms with Crippen LogP contribution < -0.4 is 11.1 Å². The molecule has 0 unspecified atom stereocenters. The second-order valence-corrected chi connectivity index (χ2v) is 10.9. The van der Waals surface area contributed by atoms with Gasteiger partial charge in [0.05, 0.1) is 5.56 Å². The number of nitrogens with one attached hydrogen (secondary N) is 1. The maximum absolute atomic E-state index is 15.1. The number of hydrogen-bond donors (Lipinski definition) is 2. The van der Waals surface area contributed by atoms with Gasteiger partial charge in [0.1, 0.15) is 5.00 Å². The zero-order valence-corrected chi connectivity index (χ0v) is 20.2. The molecule has 0 saturated heterocycles. The summed E-state index contributed by atoms with van der Waals surface area (Å²) >= 11 is 0.399. The van der Waals surface area contributed by atoms with Crippen LogP contribution in [0.25, 0.3) is 0 Å². The average molecular weight is 574 g/mol. The number of fused-ring (bicyclic) bond motifs is 1. The Morgan fingerprint density at radius 3 is 1.81 bits per heavy atom. The number of amides is 2. The van der Waals surface area contributed by atoms with Crippen LogP contribution in [0.2, 0.25) is 0 Å². The van der Waals surface area contributed by atoms with Gasteiger partial charge in [-0.25, -0.2) is 4.39 Å². The molecule has 1 aromatic rings. The number of alkyl halides is 11. The fourth-order valence-electron chi connectivity index (χ4n) is 4.59. The summed E-state index contributed by atoms with van der Waals surface area (Å²) in [6.45, 7) is 5.74. The Morgan fingerprint density at radius 2 is 1.38 bits per heavy atom. The number of rotatable bonds is 5. The molecule has 0 aliphatic heterocycles. The predicted molar refractivity (Wildman–Crippen MR) is 110 cm³/mol. The van der Waals surface area contributed by atoms with E-state index in [2.05, 4.69) is 0 Å². The standard InChI is InChI=1S/C21H21F11N2O2S/c1-4-15(2,3)8-5-6-9-10(7-8)37-13(11(9)12(33)35)34-14(36)16(22)17(23,24)19(27,28)21(31,32)20(29,30)18(16,25)26/h8H,4-7H2,1-3H3,(H2,33,35)(H,34,36)/t8-/m0/s1. The third-order valence-electron chi connectivity index (χ3n) is 7.51. The molecule has 0 radical (unpaired) electrons. The fourth-order valence-corrected chi connectivity index (χ4v) is 5.91. The van der Waals surface area contributed by atoms with Crippen LogP contribution in [0, 0.1) is 11.3 Å². The number of halogens is 11. The largest absolute Gasteiger partial charge is 0.384 e. The third kappa shape index (κ3) is 3.45. The Kier molecular flexibility index (Phi) is 6.51. The van der Waals surface area contributed by atoms with Crippen LogP contribution in [0.4, 0.5) is 53.3 Å². The highest BCUT2D eigenvalue weighted by Gasteiger charge is 3.02. The van der Waals surface area contributed by atoms with Gasteiger partial charge >= 0.3 is 35.3 Å². The van der Waals surface area contributed by atoms with Crippen molar-refractivity contribution in [2.75, 3.05) is 5.32 Å². The van der Waals surface area contributed by atoms with Crippen molar-refractivity contribution in [3.05, 3.63) is 16.0 Å². The summed E-state index contributed by atoms with van der Waals surface area (Å²) in [6.07, 6.45) is 1.48. The van der Waals surface area contributed by atoms with Crippen molar-refractivity contribution in [1.29, 1.82) is 0 Å². The molecule has 37 heavy (non-hydrogen) atoms. The molecule has 3 N–H and O–H groups in total. The number of primary amides is 1. The number of carbonyl (C=O) groups excluding carboxylic acids is 2. The molecule has 4 nitrogen and oxygen atoms in total. The minimum atomic E-state index is -7.44. The van der Waals surface area contributed by atoms with Crippen LogP contribution in [-0.2, 0) is 17.6 Å². The van der Waals surface area contributed by atoms with Crippen molar-refractivity contribution in [3.8, 4) is 0 Å². The van der Waals surface area contributed by atoms with Gasteiger partial charge in [-0.3, -0.25) is 9.59 Å². The first kappa shape index (κ1) is 29.4. The summed E-state index contributed by atoms with van der Waals surface area (Å²) in [5.41, 5.74) is -2.38. The highest BCUT2D eigenvalue weighted by molar-refractivity contribution is 7.17. The van der Waals surface area contributed by atoms with Crippen molar-refractivity contribution in [2.45, 2.75) is 81.7 Å². The van der Waals surface area contributed by atoms with Crippen molar-refractivity contribution in [1.82, 2.24) is 0 Å². The van der Waals surface area contributed by atoms with Gasteiger partial charge in [-0.1, -0.05) is 27.2 Å². The molecule has 210 valence electrons. The van der Waals surface area contributed by atoms with Gasteiger partial charge in [-0.05, 0) is 36.2 Å². The van der Waals surface area contributed by atoms with E-state index < -0.39 is 57.7 Å². The molecule has 1 saturated carbocycles. The smallest absolute Gasteiger partial charge is 0.365 e. The second-order valence-electron chi connectivity index (χ2n) is 9.84. The molecule has 1 fully saturated rings. The van der Waals surface area contributed by atoms with Crippen molar-refractivity contribution < 1.29 is 57.9 Å². The van der Waals surface area contributed by atoms with Crippen LogP contribution in [0.3, 0.4) is 0 Å². The first-order chi connectivity index (χ1) is 16.5. The van der Waals surface area contributed by atoms with Gasteiger partial charge in [0.25, 0.3) is 11.8 Å². The number of nitrogens with two attached hydrogens (primary N) is 1. The topological polar surface area (TPSA) is 72.2 Å². The van der Waals surface area contributed by atoms with E-state index in [1.165, 1.54) is 0 Å². The van der Waals surface area contributed by atoms with Crippen LogP contribution >= 0.6 is 11.3 Å². The van der Waals surface area contributed by atoms with Gasteiger partial charge in [-0.15, -0.1) is 11.3 Å². The maximum Gasteiger partial charge on any atom is 0.384 e. The zero-order chi connectivity index (χ0) is 28.8. The second kappa shape index (κ2) is 8.18. The monoisotopic (exact) mass is 574 g/mol. The molecule has 16 heteroatoms. The molecule has 0 bridgehead atoms. The highest BCUT2D eigenvalue weighted by Crippen LogP contribution is 2.69. The Hall–Kier alpha value is -2.13. The minimum Gasteiger partial charge on any atom is -0.365 e. The van der Waals surface area contributed by atoms with E-state index in [4.69, 9.17) is 5.73 Å². The molecule has 1 atom stereocenters. The molecular weight excluding hydrogens is 553 g/mol. The molecule has 2 aliphatic carbocycles. The number of thiophene rings is 1. The summed E-state index contributed by atoms with van der Waals surface area (Å²) < 4.78 is 154. The maximum atomic E-state index is 15.1. The Morgan fingerprint density at radius 1 is 0.919 bits per heavy atom. The molecule has 0 aromatic carbocycles. The molecule has 2 amide bonds. The first-order valence-corrected chi connectivity index (χ1v) is 11.6. The Balaban J connectivity index is 2.12. The number of hydrogen-bond acceptors (Lipinski definition) is 3. The lowest BCUT2D eigenvalue weighted by Crippen LogP contribution is -2.86. The first-order valence-electron chi connectivity index (χ1n) is 10.8. The van der Waals surface area contributed by atoms with Gasteiger partial charge < -0.3 is 11.1 Å². The van der Waals surface area contributed by atoms with E-state index in [9.17, 15) is 53.5 Å². The van der Waals surface area contributed by atoms with E-state index in [1.54, 1.807) is 0 Å². The lowest BCUT2D eigenvalue weighted by Gasteiger charge is -2.51. The van der Waals surface area contributed by atoms with E-state index in [-0.39, 0.29) is 29.7 Å². The van der Waals surface area contributed by atoms with Crippen LogP contribution in [-0.4, -0.2) is 47.1 Å². The van der Waals surface area contributed by atoms with Gasteiger partial charge in [0.2, 0.25) is 0 Å². The van der Waals surface area contributed by atoms with Gasteiger partial charge in [0.15, 0.2) is 0 Å². The van der Waals surface area contributed by atoms with E-state index in [0.717, 1.165) is 5.32 Å². The number of anilines is 1. The zero-order valence-electron chi connectivity index (χ0n) is 19.4. The summed E-state index contributed by atoms with van der Waals surface area (Å²) in [7, 11) is 0. The molecule has 1 aromatic heterocycles. The van der Waals surface area contributed by atoms with Crippen LogP contribution in [0.15, 0.2) is 0 Å². The average Bonchev–Trinajstić information content (AvgIpc) is 3.14. The molecular formula is C21H21F11N2O2S. The lowest BCUT2D eigenvalue weighted by molar-refractivity contribution is -0.475. The van der Waals surface area contributed by atoms with E-state index in [0.29, 0.717) is 29.1 Å². The van der Waals surface area contributed by atoms with Gasteiger partial charge in [0, 0.05) is 4.88 Å².